The van der Waals surface area contributed by atoms with E-state index >= 15 is 0 Å². The summed E-state index contributed by atoms with van der Waals surface area (Å²) < 4.78 is 30.4. The average Bonchev–Trinajstić information content (AvgIpc) is 2.97. The van der Waals surface area contributed by atoms with E-state index in [2.05, 4.69) is 0 Å². The van der Waals surface area contributed by atoms with Gasteiger partial charge in [0.15, 0.2) is 5.76 Å². The number of hydrogen-bond acceptors (Lipinski definition) is 4. The SMILES string of the molecule is CCN(c1ccc(C(=O)c2cc3cc(Cl)ccc3o2)cc1)S(C)(=O)=O. The highest BCUT2D eigenvalue weighted by molar-refractivity contribution is 7.92. The molecular formula is C18H16ClNO4S. The predicted molar refractivity (Wildman–Crippen MR) is 99.0 cm³/mol. The molecule has 3 rings (SSSR count). The van der Waals surface area contributed by atoms with Gasteiger partial charge < -0.3 is 4.42 Å². The number of furan rings is 1. The Hall–Kier alpha value is -2.31. The number of halogens is 1. The lowest BCUT2D eigenvalue weighted by Crippen LogP contribution is -2.29. The van der Waals surface area contributed by atoms with Gasteiger partial charge in [-0.05, 0) is 55.5 Å². The number of benzene rings is 2. The number of rotatable bonds is 5. The largest absolute Gasteiger partial charge is 0.453 e. The van der Waals surface area contributed by atoms with Crippen LogP contribution in [-0.2, 0) is 10.0 Å². The standard InChI is InChI=1S/C18H16ClNO4S/c1-3-20(25(2,22)23)15-7-4-12(5-8-15)18(21)17-11-13-10-14(19)6-9-16(13)24-17/h4-11H,3H2,1-2H3. The normalized spacial score (nSPS) is 11.6. The number of nitrogens with zero attached hydrogens (tertiary/aromatic N) is 1. The van der Waals surface area contributed by atoms with Crippen molar-refractivity contribution in [1.29, 1.82) is 0 Å². The molecule has 0 saturated heterocycles. The van der Waals surface area contributed by atoms with Crippen LogP contribution in [0.2, 0.25) is 5.02 Å². The van der Waals surface area contributed by atoms with E-state index < -0.39 is 10.0 Å². The van der Waals surface area contributed by atoms with Crippen LogP contribution in [0.5, 0.6) is 0 Å². The number of carbonyl (C=O) groups excluding carboxylic acids is 1. The second-order valence-electron chi connectivity index (χ2n) is 5.60. The van der Waals surface area contributed by atoms with Crippen molar-refractivity contribution in [2.24, 2.45) is 0 Å². The quantitative estimate of drug-likeness (QED) is 0.628. The summed E-state index contributed by atoms with van der Waals surface area (Å²) in [6.07, 6.45) is 1.15. The maximum atomic E-state index is 12.6. The first kappa shape index (κ1) is 17.5. The first-order valence-electron chi connectivity index (χ1n) is 7.61. The van der Waals surface area contributed by atoms with Gasteiger partial charge in [0.05, 0.1) is 11.9 Å². The van der Waals surface area contributed by atoms with Gasteiger partial charge in [-0.1, -0.05) is 11.6 Å². The maximum Gasteiger partial charge on any atom is 0.232 e. The molecule has 0 aliphatic carbocycles. The molecule has 1 aromatic heterocycles. The van der Waals surface area contributed by atoms with Crippen molar-refractivity contribution in [1.82, 2.24) is 0 Å². The second-order valence-corrected chi connectivity index (χ2v) is 7.94. The molecule has 130 valence electrons. The Morgan fingerprint density at radius 2 is 1.80 bits per heavy atom. The summed E-state index contributed by atoms with van der Waals surface area (Å²) in [6, 6.07) is 13.2. The van der Waals surface area contributed by atoms with Crippen LogP contribution < -0.4 is 4.31 Å². The third-order valence-corrected chi connectivity index (χ3v) is 5.31. The minimum absolute atomic E-state index is 0.209. The monoisotopic (exact) mass is 377 g/mol. The van der Waals surface area contributed by atoms with Gasteiger partial charge in [-0.25, -0.2) is 8.42 Å². The van der Waals surface area contributed by atoms with Crippen LogP contribution in [0, 0.1) is 0 Å². The fourth-order valence-corrected chi connectivity index (χ4v) is 3.81. The highest BCUT2D eigenvalue weighted by atomic mass is 35.5. The van der Waals surface area contributed by atoms with Gasteiger partial charge in [0.1, 0.15) is 5.58 Å². The topological polar surface area (TPSA) is 67.6 Å². The summed E-state index contributed by atoms with van der Waals surface area (Å²) in [7, 11) is -3.36. The van der Waals surface area contributed by atoms with Crippen molar-refractivity contribution in [3.63, 3.8) is 0 Å². The zero-order chi connectivity index (χ0) is 18.2. The van der Waals surface area contributed by atoms with Gasteiger partial charge in [0.2, 0.25) is 15.8 Å². The van der Waals surface area contributed by atoms with Crippen molar-refractivity contribution in [3.05, 3.63) is 64.9 Å². The fourth-order valence-electron chi connectivity index (χ4n) is 2.66. The molecule has 1 heterocycles. The smallest absolute Gasteiger partial charge is 0.232 e. The molecule has 0 aliphatic heterocycles. The van der Waals surface area contributed by atoms with Crippen LogP contribution >= 0.6 is 11.6 Å². The van der Waals surface area contributed by atoms with Gasteiger partial charge in [-0.3, -0.25) is 9.10 Å². The average molecular weight is 378 g/mol. The van der Waals surface area contributed by atoms with Gasteiger partial charge in [-0.2, -0.15) is 0 Å². The van der Waals surface area contributed by atoms with Crippen LogP contribution in [0.1, 0.15) is 23.0 Å². The first-order valence-corrected chi connectivity index (χ1v) is 9.84. The van der Waals surface area contributed by atoms with Gasteiger partial charge in [0, 0.05) is 22.5 Å². The molecule has 0 saturated carbocycles. The molecule has 0 radical (unpaired) electrons. The Morgan fingerprint density at radius 1 is 1.12 bits per heavy atom. The van der Waals surface area contributed by atoms with Gasteiger partial charge >= 0.3 is 0 Å². The minimum atomic E-state index is -3.36. The molecule has 0 atom stereocenters. The van der Waals surface area contributed by atoms with Crippen LogP contribution in [0.4, 0.5) is 5.69 Å². The van der Waals surface area contributed by atoms with Crippen LogP contribution in [-0.4, -0.2) is 27.0 Å². The van der Waals surface area contributed by atoms with Crippen LogP contribution in [0.3, 0.4) is 0 Å². The summed E-state index contributed by atoms with van der Waals surface area (Å²) >= 11 is 5.94. The van der Waals surface area contributed by atoms with Crippen molar-refractivity contribution in [3.8, 4) is 0 Å². The van der Waals surface area contributed by atoms with Crippen molar-refractivity contribution in [2.45, 2.75) is 6.92 Å². The van der Waals surface area contributed by atoms with E-state index in [4.69, 9.17) is 16.0 Å². The van der Waals surface area contributed by atoms with E-state index in [0.717, 1.165) is 11.6 Å². The van der Waals surface area contributed by atoms with E-state index in [0.29, 0.717) is 28.4 Å². The third kappa shape index (κ3) is 3.55. The Labute approximate surface area is 150 Å². The Bertz CT molecular complexity index is 1040. The Balaban J connectivity index is 1.92. The van der Waals surface area contributed by atoms with E-state index in [9.17, 15) is 13.2 Å². The molecule has 0 amide bonds. The van der Waals surface area contributed by atoms with Gasteiger partial charge in [0.25, 0.3) is 0 Å². The molecule has 5 nitrogen and oxygen atoms in total. The number of anilines is 1. The van der Waals surface area contributed by atoms with E-state index in [1.54, 1.807) is 55.5 Å². The Kier molecular flexibility index (Phi) is 4.58. The van der Waals surface area contributed by atoms with Crippen molar-refractivity contribution in [2.75, 3.05) is 17.1 Å². The predicted octanol–water partition coefficient (Wildman–Crippen LogP) is 4.10. The van der Waals surface area contributed by atoms with E-state index in [1.807, 2.05) is 0 Å². The lowest BCUT2D eigenvalue weighted by Gasteiger charge is -2.20. The third-order valence-electron chi connectivity index (χ3n) is 3.81. The lowest BCUT2D eigenvalue weighted by molar-refractivity contribution is 0.101. The molecule has 0 fully saturated rings. The van der Waals surface area contributed by atoms with E-state index in [1.165, 1.54) is 4.31 Å². The molecule has 0 spiro atoms. The number of hydrogen-bond donors (Lipinski definition) is 0. The second kappa shape index (κ2) is 6.54. The van der Waals surface area contributed by atoms with Gasteiger partial charge in [-0.15, -0.1) is 0 Å². The van der Waals surface area contributed by atoms with E-state index in [-0.39, 0.29) is 11.5 Å². The molecular weight excluding hydrogens is 362 g/mol. The molecule has 0 N–H and O–H groups in total. The maximum absolute atomic E-state index is 12.6. The molecule has 2 aromatic carbocycles. The zero-order valence-corrected chi connectivity index (χ0v) is 15.3. The fraction of sp³-hybridized carbons (Fsp3) is 0.167. The molecule has 7 heteroatoms. The molecule has 25 heavy (non-hydrogen) atoms. The summed E-state index contributed by atoms with van der Waals surface area (Å²) in [5.74, 6) is -0.0678. The summed E-state index contributed by atoms with van der Waals surface area (Å²) in [6.45, 7) is 2.07. The Morgan fingerprint density at radius 3 is 2.40 bits per heavy atom. The number of ketones is 1. The highest BCUT2D eigenvalue weighted by Gasteiger charge is 2.18. The molecule has 3 aromatic rings. The minimum Gasteiger partial charge on any atom is -0.453 e. The highest BCUT2D eigenvalue weighted by Crippen LogP contribution is 2.25. The van der Waals surface area contributed by atoms with Crippen molar-refractivity contribution < 1.29 is 17.6 Å². The number of fused-ring (bicyclic) bond motifs is 1. The molecule has 0 unspecified atom stereocenters. The first-order chi connectivity index (χ1) is 11.8. The number of carbonyl (C=O) groups is 1. The summed E-state index contributed by atoms with van der Waals surface area (Å²) in [5.41, 5.74) is 1.51. The van der Waals surface area contributed by atoms with Crippen LogP contribution in [0.15, 0.2) is 52.9 Å². The summed E-state index contributed by atoms with van der Waals surface area (Å²) in [4.78, 5) is 12.6. The molecule has 0 aliphatic rings. The number of sulfonamides is 1. The van der Waals surface area contributed by atoms with Crippen molar-refractivity contribution >= 4 is 44.1 Å². The molecule has 0 bridgehead atoms. The van der Waals surface area contributed by atoms with Crippen LogP contribution in [0.25, 0.3) is 11.0 Å². The lowest BCUT2D eigenvalue weighted by atomic mass is 10.1. The summed E-state index contributed by atoms with van der Waals surface area (Å²) in [5, 5.41) is 1.32. The zero-order valence-electron chi connectivity index (χ0n) is 13.7.